The summed E-state index contributed by atoms with van der Waals surface area (Å²) in [6, 6.07) is 8.69. The Morgan fingerprint density at radius 1 is 1.07 bits per heavy atom. The van der Waals surface area contributed by atoms with Crippen LogP contribution in [0.4, 0.5) is 5.69 Å². The van der Waals surface area contributed by atoms with E-state index in [9.17, 15) is 0 Å². The highest BCUT2D eigenvalue weighted by atomic mass is 15.0. The third-order valence-corrected chi connectivity index (χ3v) is 3.47. The van der Waals surface area contributed by atoms with Gasteiger partial charge in [-0.15, -0.1) is 0 Å². The molecule has 0 bridgehead atoms. The van der Waals surface area contributed by atoms with Crippen LogP contribution in [-0.2, 0) is 6.42 Å². The van der Waals surface area contributed by atoms with Crippen molar-refractivity contribution in [3.63, 3.8) is 0 Å². The zero-order valence-corrected chi connectivity index (χ0v) is 8.29. The predicted molar refractivity (Wildman–Crippen MR) is 59.5 cm³/mol. The van der Waals surface area contributed by atoms with Crippen LogP contribution in [0.1, 0.15) is 24.8 Å². The summed E-state index contributed by atoms with van der Waals surface area (Å²) in [5.41, 5.74) is 3.18. The van der Waals surface area contributed by atoms with Gasteiger partial charge in [-0.2, -0.15) is 0 Å². The fraction of sp³-hybridized carbons (Fsp3) is 0.385. The first-order chi connectivity index (χ1) is 6.88. The van der Waals surface area contributed by atoms with E-state index in [0.717, 1.165) is 0 Å². The van der Waals surface area contributed by atoms with E-state index in [1.54, 1.807) is 0 Å². The summed E-state index contributed by atoms with van der Waals surface area (Å²) < 4.78 is 0. The summed E-state index contributed by atoms with van der Waals surface area (Å²) in [6.07, 6.45) is 9.51. The van der Waals surface area contributed by atoms with Crippen molar-refractivity contribution >= 4 is 5.69 Å². The summed E-state index contributed by atoms with van der Waals surface area (Å²) >= 11 is 0. The standard InChI is InChI=1S/C13H15N/c1-2-6-12-11(5-1)7-10-13(14-12)8-3-4-9-13/h1-6,14H,7-10H2. The summed E-state index contributed by atoms with van der Waals surface area (Å²) in [4.78, 5) is 0. The van der Waals surface area contributed by atoms with Crippen molar-refractivity contribution in [1.82, 2.24) is 0 Å². The van der Waals surface area contributed by atoms with Crippen molar-refractivity contribution in [3.05, 3.63) is 42.0 Å². The Kier molecular flexibility index (Phi) is 1.66. The molecule has 2 aliphatic rings. The molecule has 1 aromatic rings. The molecule has 1 spiro atoms. The van der Waals surface area contributed by atoms with E-state index < -0.39 is 0 Å². The third kappa shape index (κ3) is 1.16. The SMILES string of the molecule is C1=CCC2(C1)CCc1ccccc1N2. The molecule has 1 heteroatoms. The molecule has 1 aliphatic heterocycles. The molecule has 0 unspecified atom stereocenters. The molecule has 72 valence electrons. The van der Waals surface area contributed by atoms with Gasteiger partial charge in [0.05, 0.1) is 0 Å². The van der Waals surface area contributed by atoms with Crippen LogP contribution in [0, 0.1) is 0 Å². The van der Waals surface area contributed by atoms with E-state index in [0.29, 0.717) is 5.54 Å². The van der Waals surface area contributed by atoms with Gasteiger partial charge >= 0.3 is 0 Å². The van der Waals surface area contributed by atoms with Crippen LogP contribution in [0.2, 0.25) is 0 Å². The van der Waals surface area contributed by atoms with E-state index >= 15 is 0 Å². The van der Waals surface area contributed by atoms with Crippen molar-refractivity contribution in [2.45, 2.75) is 31.2 Å². The number of para-hydroxylation sites is 1. The molecule has 1 nitrogen and oxygen atoms in total. The molecule has 3 rings (SSSR count). The van der Waals surface area contributed by atoms with Gasteiger partial charge in [-0.25, -0.2) is 0 Å². The van der Waals surface area contributed by atoms with Gasteiger partial charge in [0.2, 0.25) is 0 Å². The van der Waals surface area contributed by atoms with E-state index in [1.807, 2.05) is 0 Å². The number of aryl methyl sites for hydroxylation is 1. The molecule has 0 amide bonds. The van der Waals surface area contributed by atoms with E-state index in [2.05, 4.69) is 41.7 Å². The van der Waals surface area contributed by atoms with Gasteiger partial charge < -0.3 is 5.32 Å². The first-order valence-electron chi connectivity index (χ1n) is 5.39. The Hall–Kier alpha value is -1.24. The van der Waals surface area contributed by atoms with Crippen LogP contribution >= 0.6 is 0 Å². The maximum atomic E-state index is 3.71. The number of fused-ring (bicyclic) bond motifs is 1. The highest BCUT2D eigenvalue weighted by Crippen LogP contribution is 2.38. The quantitative estimate of drug-likeness (QED) is 0.612. The molecule has 0 atom stereocenters. The lowest BCUT2D eigenvalue weighted by Gasteiger charge is -2.36. The monoisotopic (exact) mass is 185 g/mol. The Bertz CT molecular complexity index is 371. The molecular weight excluding hydrogens is 170 g/mol. The van der Waals surface area contributed by atoms with Crippen molar-refractivity contribution < 1.29 is 0 Å². The third-order valence-electron chi connectivity index (χ3n) is 3.47. The topological polar surface area (TPSA) is 12.0 Å². The average molecular weight is 185 g/mol. The minimum Gasteiger partial charge on any atom is -0.379 e. The number of hydrogen-bond donors (Lipinski definition) is 1. The second kappa shape index (κ2) is 2.88. The van der Waals surface area contributed by atoms with Gasteiger partial charge in [0.15, 0.2) is 0 Å². The average Bonchev–Trinajstić information content (AvgIpc) is 2.66. The molecule has 1 aliphatic carbocycles. The van der Waals surface area contributed by atoms with Crippen molar-refractivity contribution in [1.29, 1.82) is 0 Å². The molecule has 1 heterocycles. The first kappa shape index (κ1) is 8.10. The van der Waals surface area contributed by atoms with Gasteiger partial charge in [-0.05, 0) is 37.3 Å². The Morgan fingerprint density at radius 3 is 2.71 bits per heavy atom. The van der Waals surface area contributed by atoms with Gasteiger partial charge in [0.1, 0.15) is 0 Å². The lowest BCUT2D eigenvalue weighted by molar-refractivity contribution is 0.446. The molecular formula is C13H15N. The normalized spacial score (nSPS) is 22.0. The van der Waals surface area contributed by atoms with E-state index in [1.165, 1.54) is 36.9 Å². The highest BCUT2D eigenvalue weighted by molar-refractivity contribution is 5.56. The smallest absolute Gasteiger partial charge is 0.0445 e. The number of hydrogen-bond acceptors (Lipinski definition) is 1. The number of nitrogens with one attached hydrogen (secondary N) is 1. The van der Waals surface area contributed by atoms with Crippen LogP contribution in [0.3, 0.4) is 0 Å². The summed E-state index contributed by atoms with van der Waals surface area (Å²) in [5.74, 6) is 0. The van der Waals surface area contributed by atoms with Crippen LogP contribution in [0.15, 0.2) is 36.4 Å². The molecule has 14 heavy (non-hydrogen) atoms. The maximum Gasteiger partial charge on any atom is 0.0445 e. The Labute approximate surface area is 84.8 Å². The van der Waals surface area contributed by atoms with E-state index in [-0.39, 0.29) is 0 Å². The summed E-state index contributed by atoms with van der Waals surface area (Å²) in [6.45, 7) is 0. The fourth-order valence-corrected chi connectivity index (χ4v) is 2.59. The molecule has 0 saturated heterocycles. The lowest BCUT2D eigenvalue weighted by Crippen LogP contribution is -2.39. The molecule has 0 fully saturated rings. The second-order valence-electron chi connectivity index (χ2n) is 4.44. The van der Waals surface area contributed by atoms with Crippen LogP contribution in [0.25, 0.3) is 0 Å². The van der Waals surface area contributed by atoms with Gasteiger partial charge in [0, 0.05) is 11.2 Å². The van der Waals surface area contributed by atoms with Gasteiger partial charge in [-0.1, -0.05) is 30.4 Å². The fourth-order valence-electron chi connectivity index (χ4n) is 2.59. The molecule has 0 aromatic heterocycles. The molecule has 0 saturated carbocycles. The molecule has 0 radical (unpaired) electrons. The first-order valence-corrected chi connectivity index (χ1v) is 5.39. The summed E-state index contributed by atoms with van der Waals surface area (Å²) in [5, 5.41) is 3.71. The van der Waals surface area contributed by atoms with Gasteiger partial charge in [0.25, 0.3) is 0 Å². The van der Waals surface area contributed by atoms with Crippen molar-refractivity contribution in [3.8, 4) is 0 Å². The van der Waals surface area contributed by atoms with Crippen LogP contribution in [-0.4, -0.2) is 5.54 Å². The number of benzene rings is 1. The van der Waals surface area contributed by atoms with Crippen molar-refractivity contribution in [2.75, 3.05) is 5.32 Å². The lowest BCUT2D eigenvalue weighted by atomic mass is 9.84. The number of anilines is 1. The van der Waals surface area contributed by atoms with E-state index in [4.69, 9.17) is 0 Å². The largest absolute Gasteiger partial charge is 0.379 e. The minimum atomic E-state index is 0.356. The zero-order chi connectivity index (χ0) is 9.43. The highest BCUT2D eigenvalue weighted by Gasteiger charge is 2.33. The number of rotatable bonds is 0. The molecule has 1 aromatic carbocycles. The summed E-state index contributed by atoms with van der Waals surface area (Å²) in [7, 11) is 0. The van der Waals surface area contributed by atoms with Gasteiger partial charge in [-0.3, -0.25) is 0 Å². The second-order valence-corrected chi connectivity index (χ2v) is 4.44. The van der Waals surface area contributed by atoms with Crippen molar-refractivity contribution in [2.24, 2.45) is 0 Å². The van der Waals surface area contributed by atoms with Crippen LogP contribution in [0.5, 0.6) is 0 Å². The molecule has 1 N–H and O–H groups in total. The maximum absolute atomic E-state index is 3.71. The zero-order valence-electron chi connectivity index (χ0n) is 8.29. The predicted octanol–water partition coefficient (Wildman–Crippen LogP) is 3.13. The minimum absolute atomic E-state index is 0.356. The Morgan fingerprint density at radius 2 is 1.86 bits per heavy atom. The van der Waals surface area contributed by atoms with Crippen LogP contribution < -0.4 is 5.32 Å². The Balaban J connectivity index is 1.93.